The zero-order chi connectivity index (χ0) is 21.7. The lowest BCUT2D eigenvalue weighted by molar-refractivity contribution is 0.102. The highest BCUT2D eigenvalue weighted by atomic mass is 35.5. The number of anilines is 1. The normalized spacial score (nSPS) is 15.0. The van der Waals surface area contributed by atoms with Crippen molar-refractivity contribution in [3.63, 3.8) is 0 Å². The quantitative estimate of drug-likeness (QED) is 0.486. The maximum absolute atomic E-state index is 13.2. The summed E-state index contributed by atoms with van der Waals surface area (Å²) < 4.78 is 33.4. The number of nitrogens with zero attached hydrogens (tertiary/aromatic N) is 3. The molecule has 0 unspecified atom stereocenters. The van der Waals surface area contributed by atoms with Gasteiger partial charge < -0.3 is 10.1 Å². The van der Waals surface area contributed by atoms with Gasteiger partial charge in [0.05, 0.1) is 17.8 Å². The summed E-state index contributed by atoms with van der Waals surface area (Å²) in [5.41, 5.74) is 0.324. The van der Waals surface area contributed by atoms with Crippen molar-refractivity contribution in [2.45, 2.75) is 36.2 Å². The first-order chi connectivity index (χ1) is 14.4. The number of sulfonamides is 1. The predicted molar refractivity (Wildman–Crippen MR) is 117 cm³/mol. The van der Waals surface area contributed by atoms with Crippen LogP contribution in [0.1, 0.15) is 36.7 Å². The van der Waals surface area contributed by atoms with Crippen molar-refractivity contribution in [2.24, 2.45) is 0 Å². The highest BCUT2D eigenvalue weighted by Crippen LogP contribution is 2.31. The van der Waals surface area contributed by atoms with E-state index in [-0.39, 0.29) is 21.4 Å². The van der Waals surface area contributed by atoms with Gasteiger partial charge in [-0.2, -0.15) is 4.31 Å². The van der Waals surface area contributed by atoms with Crippen molar-refractivity contribution in [1.82, 2.24) is 14.3 Å². The summed E-state index contributed by atoms with van der Waals surface area (Å²) in [5, 5.41) is 3.19. The molecule has 0 bridgehead atoms. The van der Waals surface area contributed by atoms with Gasteiger partial charge in [-0.15, -0.1) is 0 Å². The molecule has 11 heteroatoms. The number of aromatic nitrogens is 2. The Morgan fingerprint density at radius 3 is 2.70 bits per heavy atom. The second-order valence-corrected chi connectivity index (χ2v) is 9.65. The molecule has 1 aliphatic rings. The van der Waals surface area contributed by atoms with Gasteiger partial charge >= 0.3 is 0 Å². The van der Waals surface area contributed by atoms with Crippen molar-refractivity contribution < 1.29 is 17.9 Å². The molecule has 1 fully saturated rings. The summed E-state index contributed by atoms with van der Waals surface area (Å²) in [5.74, 6) is -0.297. The van der Waals surface area contributed by atoms with Crippen LogP contribution in [0.2, 0.25) is 5.02 Å². The Labute approximate surface area is 185 Å². The Bertz CT molecular complexity index is 1030. The molecule has 1 N–H and O–H groups in total. The number of carbonyl (C=O) groups excluding carboxylic acids is 1. The highest BCUT2D eigenvalue weighted by molar-refractivity contribution is 7.98. The minimum absolute atomic E-state index is 0.0188. The molecule has 0 saturated carbocycles. The average Bonchev–Trinajstić information content (AvgIpc) is 2.75. The lowest BCUT2D eigenvalue weighted by Crippen LogP contribution is -2.35. The number of benzene rings is 1. The van der Waals surface area contributed by atoms with E-state index < -0.39 is 15.9 Å². The number of carbonyl (C=O) groups is 1. The lowest BCUT2D eigenvalue weighted by atomic mass is 10.2. The molecule has 3 rings (SSSR count). The Kier molecular flexibility index (Phi) is 7.56. The van der Waals surface area contributed by atoms with E-state index in [2.05, 4.69) is 15.3 Å². The molecule has 2 aromatic rings. The molecule has 1 aromatic heterocycles. The van der Waals surface area contributed by atoms with Crippen molar-refractivity contribution in [3.05, 3.63) is 35.1 Å². The third-order valence-electron chi connectivity index (χ3n) is 4.55. The van der Waals surface area contributed by atoms with Crippen LogP contribution in [0.25, 0.3) is 0 Å². The van der Waals surface area contributed by atoms with Gasteiger partial charge in [0.2, 0.25) is 10.0 Å². The summed E-state index contributed by atoms with van der Waals surface area (Å²) in [6.07, 6.45) is 5.81. The Balaban J connectivity index is 1.93. The van der Waals surface area contributed by atoms with Crippen molar-refractivity contribution in [2.75, 3.05) is 31.3 Å². The number of nitrogens with one attached hydrogen (secondary N) is 1. The molecule has 1 aliphatic heterocycles. The van der Waals surface area contributed by atoms with Gasteiger partial charge in [-0.25, -0.2) is 18.4 Å². The molecule has 8 nitrogen and oxygen atoms in total. The average molecular weight is 471 g/mol. The molecule has 1 aromatic carbocycles. The van der Waals surface area contributed by atoms with E-state index in [1.807, 2.05) is 0 Å². The monoisotopic (exact) mass is 470 g/mol. The van der Waals surface area contributed by atoms with Gasteiger partial charge in [0.25, 0.3) is 5.91 Å². The summed E-state index contributed by atoms with van der Waals surface area (Å²) in [4.78, 5) is 20.9. The number of halogens is 1. The second kappa shape index (κ2) is 9.95. The van der Waals surface area contributed by atoms with Crippen LogP contribution in [-0.4, -0.2) is 54.6 Å². The summed E-state index contributed by atoms with van der Waals surface area (Å²) in [6.45, 7) is 3.05. The van der Waals surface area contributed by atoms with Gasteiger partial charge in [-0.05, 0) is 44.2 Å². The van der Waals surface area contributed by atoms with Crippen LogP contribution in [0.3, 0.4) is 0 Å². The van der Waals surface area contributed by atoms with E-state index in [1.165, 1.54) is 28.3 Å². The molecule has 0 radical (unpaired) electrons. The van der Waals surface area contributed by atoms with Crippen molar-refractivity contribution in [3.8, 4) is 5.75 Å². The first-order valence-corrected chi connectivity index (χ1v) is 12.6. The number of hydrogen-bond acceptors (Lipinski definition) is 7. The largest absolute Gasteiger partial charge is 0.492 e. The van der Waals surface area contributed by atoms with E-state index in [9.17, 15) is 13.2 Å². The zero-order valence-electron chi connectivity index (χ0n) is 16.7. The van der Waals surface area contributed by atoms with E-state index in [0.29, 0.717) is 30.5 Å². The molecule has 0 aliphatic carbocycles. The van der Waals surface area contributed by atoms with E-state index in [4.69, 9.17) is 16.3 Å². The van der Waals surface area contributed by atoms with Crippen LogP contribution in [0.4, 0.5) is 5.69 Å². The van der Waals surface area contributed by atoms with Crippen LogP contribution in [0.15, 0.2) is 34.4 Å². The number of thioether (sulfide) groups is 1. The Hall–Kier alpha value is -1.88. The van der Waals surface area contributed by atoms with Gasteiger partial charge in [0.1, 0.15) is 10.6 Å². The molecule has 162 valence electrons. The fourth-order valence-corrected chi connectivity index (χ4v) is 5.30. The van der Waals surface area contributed by atoms with Crippen molar-refractivity contribution >= 4 is 45.0 Å². The minimum Gasteiger partial charge on any atom is -0.492 e. The standard InChI is InChI=1S/C19H23ClN4O4S2/c1-3-28-15-8-7-13(11-16(15)30(26,27)24-9-5-4-6-10-24)22-18(25)17-14(20)12-21-19(23-17)29-2/h7-8,11-12H,3-6,9-10H2,1-2H3,(H,22,25). The molecular weight excluding hydrogens is 448 g/mol. The third-order valence-corrected chi connectivity index (χ3v) is 7.31. The van der Waals surface area contributed by atoms with Crippen LogP contribution < -0.4 is 10.1 Å². The molecule has 1 amide bonds. The molecule has 2 heterocycles. The molecule has 0 atom stereocenters. The first-order valence-electron chi connectivity index (χ1n) is 9.51. The van der Waals surface area contributed by atoms with Gasteiger partial charge in [-0.1, -0.05) is 29.8 Å². The summed E-state index contributed by atoms with van der Waals surface area (Å²) in [7, 11) is -3.75. The SMILES string of the molecule is CCOc1ccc(NC(=O)c2nc(SC)ncc2Cl)cc1S(=O)(=O)N1CCCCC1. The highest BCUT2D eigenvalue weighted by Gasteiger charge is 2.29. The Morgan fingerprint density at radius 2 is 2.03 bits per heavy atom. The maximum Gasteiger partial charge on any atom is 0.275 e. The summed E-state index contributed by atoms with van der Waals surface area (Å²) >= 11 is 7.35. The predicted octanol–water partition coefficient (Wildman–Crippen LogP) is 3.68. The zero-order valence-corrected chi connectivity index (χ0v) is 19.1. The smallest absolute Gasteiger partial charge is 0.275 e. The van der Waals surface area contributed by atoms with Crippen LogP contribution in [0, 0.1) is 0 Å². The van der Waals surface area contributed by atoms with Gasteiger partial charge in [0.15, 0.2) is 10.9 Å². The number of piperidine rings is 1. The van der Waals surface area contributed by atoms with Crippen LogP contribution in [0.5, 0.6) is 5.75 Å². The summed E-state index contributed by atoms with van der Waals surface area (Å²) in [6, 6.07) is 4.55. The minimum atomic E-state index is -3.75. The molecule has 0 spiro atoms. The molecular formula is C19H23ClN4O4S2. The first kappa shape index (κ1) is 22.8. The van der Waals surface area contributed by atoms with Gasteiger partial charge in [-0.3, -0.25) is 4.79 Å². The van der Waals surface area contributed by atoms with E-state index in [0.717, 1.165) is 19.3 Å². The fraction of sp³-hybridized carbons (Fsp3) is 0.421. The number of amides is 1. The van der Waals surface area contributed by atoms with E-state index in [1.54, 1.807) is 25.3 Å². The maximum atomic E-state index is 13.2. The number of rotatable bonds is 7. The lowest BCUT2D eigenvalue weighted by Gasteiger charge is -2.27. The molecule has 1 saturated heterocycles. The Morgan fingerprint density at radius 1 is 1.30 bits per heavy atom. The fourth-order valence-electron chi connectivity index (χ4n) is 3.11. The van der Waals surface area contributed by atoms with Gasteiger partial charge in [0, 0.05) is 18.8 Å². The number of ether oxygens (including phenoxy) is 1. The van der Waals surface area contributed by atoms with Crippen LogP contribution in [-0.2, 0) is 10.0 Å². The van der Waals surface area contributed by atoms with Crippen molar-refractivity contribution in [1.29, 1.82) is 0 Å². The molecule has 30 heavy (non-hydrogen) atoms. The number of hydrogen-bond donors (Lipinski definition) is 1. The van der Waals surface area contributed by atoms with Crippen LogP contribution >= 0.6 is 23.4 Å². The van der Waals surface area contributed by atoms with E-state index >= 15 is 0 Å². The topological polar surface area (TPSA) is 101 Å². The second-order valence-electron chi connectivity index (χ2n) is 6.57. The third kappa shape index (κ3) is 5.05.